The SMILES string of the molecule is CC(C)[C@H](NC(=O)OC(C)(C)C)C(=O)N1CCC[C@H](Sc2ncc(B3OC(C)(C)C(C)(C)O3)cn2)C1. The van der Waals surface area contributed by atoms with E-state index in [4.69, 9.17) is 14.0 Å². The smallest absolute Gasteiger partial charge is 0.444 e. The number of carbonyl (C=O) groups excluding carboxylic acids is 2. The van der Waals surface area contributed by atoms with Crippen LogP contribution >= 0.6 is 11.8 Å². The maximum Gasteiger partial charge on any atom is 0.498 e. The van der Waals surface area contributed by atoms with Crippen LogP contribution in [0.5, 0.6) is 0 Å². The standard InChI is InChI=1S/C25H41BN4O5S/c1-16(2)19(29-22(32)33-23(3,4)5)20(31)30-12-10-11-18(15-30)36-21-27-13-17(14-28-21)26-34-24(6,7)25(8,9)35-26/h13-14,16,18-19H,10-12,15H2,1-9H3,(H,29,32)/t18-,19-/m0/s1. The van der Waals surface area contributed by atoms with E-state index >= 15 is 0 Å². The highest BCUT2D eigenvalue weighted by Crippen LogP contribution is 2.36. The maximum absolute atomic E-state index is 13.3. The van der Waals surface area contributed by atoms with Crippen LogP contribution < -0.4 is 10.8 Å². The van der Waals surface area contributed by atoms with Gasteiger partial charge in [-0.1, -0.05) is 25.6 Å². The topological polar surface area (TPSA) is 103 Å². The second kappa shape index (κ2) is 10.9. The van der Waals surface area contributed by atoms with Gasteiger partial charge < -0.3 is 24.3 Å². The molecule has 0 aliphatic carbocycles. The van der Waals surface area contributed by atoms with Crippen LogP contribution in [0.3, 0.4) is 0 Å². The Kier molecular flexibility index (Phi) is 8.67. The zero-order valence-electron chi connectivity index (χ0n) is 23.1. The summed E-state index contributed by atoms with van der Waals surface area (Å²) in [6, 6.07) is -0.640. The van der Waals surface area contributed by atoms with Crippen molar-refractivity contribution in [2.45, 2.75) is 108 Å². The molecule has 0 radical (unpaired) electrons. The van der Waals surface area contributed by atoms with Gasteiger partial charge in [-0.15, -0.1) is 0 Å². The number of thioether (sulfide) groups is 1. The first-order valence-electron chi connectivity index (χ1n) is 12.7. The first-order chi connectivity index (χ1) is 16.6. The molecule has 3 heterocycles. The summed E-state index contributed by atoms with van der Waals surface area (Å²) in [5, 5.41) is 3.59. The number of likely N-dealkylation sites (tertiary alicyclic amines) is 1. The van der Waals surface area contributed by atoms with Crippen molar-refractivity contribution in [1.29, 1.82) is 0 Å². The Labute approximate surface area is 220 Å². The molecule has 0 saturated carbocycles. The van der Waals surface area contributed by atoms with Gasteiger partial charge in [-0.05, 0) is 67.2 Å². The van der Waals surface area contributed by atoms with Crippen LogP contribution in [0.25, 0.3) is 0 Å². The van der Waals surface area contributed by atoms with Crippen molar-refractivity contribution in [1.82, 2.24) is 20.2 Å². The lowest BCUT2D eigenvalue weighted by Gasteiger charge is -2.35. The third-order valence-electron chi connectivity index (χ3n) is 6.74. The Morgan fingerprint density at radius 1 is 1.17 bits per heavy atom. The number of hydrogen-bond acceptors (Lipinski definition) is 8. The van der Waals surface area contributed by atoms with Gasteiger partial charge in [0.1, 0.15) is 11.6 Å². The lowest BCUT2D eigenvalue weighted by Crippen LogP contribution is -2.54. The average molecular weight is 521 g/mol. The van der Waals surface area contributed by atoms with Crippen molar-refractivity contribution >= 4 is 36.3 Å². The summed E-state index contributed by atoms with van der Waals surface area (Å²) in [4.78, 5) is 36.5. The van der Waals surface area contributed by atoms with Crippen LogP contribution in [0.15, 0.2) is 17.6 Å². The number of amides is 2. The fraction of sp³-hybridized carbons (Fsp3) is 0.760. The van der Waals surface area contributed by atoms with Gasteiger partial charge >= 0.3 is 13.2 Å². The number of nitrogens with one attached hydrogen (secondary N) is 1. The average Bonchev–Trinajstić information content (AvgIpc) is 2.98. The molecule has 36 heavy (non-hydrogen) atoms. The Bertz CT molecular complexity index is 919. The van der Waals surface area contributed by atoms with Crippen molar-refractivity contribution in [3.8, 4) is 0 Å². The Morgan fingerprint density at radius 2 is 1.75 bits per heavy atom. The highest BCUT2D eigenvalue weighted by atomic mass is 32.2. The molecule has 2 amide bonds. The fourth-order valence-electron chi connectivity index (χ4n) is 4.02. The van der Waals surface area contributed by atoms with E-state index in [9.17, 15) is 9.59 Å². The zero-order valence-corrected chi connectivity index (χ0v) is 23.9. The van der Waals surface area contributed by atoms with Crippen LogP contribution in [0.4, 0.5) is 4.79 Å². The molecule has 1 aromatic heterocycles. The number of alkyl carbamates (subject to hydrolysis) is 1. The largest absolute Gasteiger partial charge is 0.498 e. The summed E-state index contributed by atoms with van der Waals surface area (Å²) >= 11 is 1.57. The summed E-state index contributed by atoms with van der Waals surface area (Å²) in [6.45, 7) is 18.5. The monoisotopic (exact) mass is 520 g/mol. The van der Waals surface area contributed by atoms with E-state index in [-0.39, 0.29) is 17.1 Å². The van der Waals surface area contributed by atoms with E-state index in [1.807, 2.05) is 46.4 Å². The van der Waals surface area contributed by atoms with Crippen molar-refractivity contribution in [3.63, 3.8) is 0 Å². The molecule has 2 fully saturated rings. The highest BCUT2D eigenvalue weighted by Gasteiger charge is 2.52. The molecule has 2 aliphatic heterocycles. The number of carbonyl (C=O) groups is 2. The number of ether oxygens (including phenoxy) is 1. The molecule has 2 aliphatic rings. The Hall–Kier alpha value is -1.85. The van der Waals surface area contributed by atoms with Crippen molar-refractivity contribution in [3.05, 3.63) is 12.4 Å². The van der Waals surface area contributed by atoms with Gasteiger partial charge in [0.15, 0.2) is 5.16 Å². The molecule has 200 valence electrons. The predicted molar refractivity (Wildman–Crippen MR) is 141 cm³/mol. The lowest BCUT2D eigenvalue weighted by molar-refractivity contribution is -0.135. The third kappa shape index (κ3) is 7.13. The molecule has 9 nitrogen and oxygen atoms in total. The van der Waals surface area contributed by atoms with Crippen molar-refractivity contribution < 1.29 is 23.6 Å². The summed E-state index contributed by atoms with van der Waals surface area (Å²) < 4.78 is 17.5. The van der Waals surface area contributed by atoms with Crippen LogP contribution in [-0.2, 0) is 18.8 Å². The Morgan fingerprint density at radius 3 is 2.28 bits per heavy atom. The molecule has 0 bridgehead atoms. The highest BCUT2D eigenvalue weighted by molar-refractivity contribution is 7.99. The summed E-state index contributed by atoms with van der Waals surface area (Å²) in [5.74, 6) is -0.151. The van der Waals surface area contributed by atoms with Crippen LogP contribution in [0, 0.1) is 5.92 Å². The van der Waals surface area contributed by atoms with E-state index in [1.54, 1.807) is 44.9 Å². The molecule has 0 aromatic carbocycles. The van der Waals surface area contributed by atoms with E-state index in [0.29, 0.717) is 18.2 Å². The Balaban J connectivity index is 1.59. The second-order valence-electron chi connectivity index (χ2n) is 11.9. The van der Waals surface area contributed by atoms with Gasteiger partial charge in [-0.2, -0.15) is 0 Å². The molecule has 3 rings (SSSR count). The van der Waals surface area contributed by atoms with Crippen LogP contribution in [-0.4, -0.2) is 75.2 Å². The minimum absolute atomic E-state index is 0.0658. The van der Waals surface area contributed by atoms with Crippen molar-refractivity contribution in [2.24, 2.45) is 5.92 Å². The molecule has 0 spiro atoms. The van der Waals surface area contributed by atoms with Gasteiger partial charge in [0.2, 0.25) is 5.91 Å². The fourth-order valence-corrected chi connectivity index (χ4v) is 5.08. The molecular weight excluding hydrogens is 479 g/mol. The van der Waals surface area contributed by atoms with Gasteiger partial charge in [-0.3, -0.25) is 4.79 Å². The number of aromatic nitrogens is 2. The van der Waals surface area contributed by atoms with Gasteiger partial charge in [0, 0.05) is 36.2 Å². The summed E-state index contributed by atoms with van der Waals surface area (Å²) in [7, 11) is -0.498. The number of piperidine rings is 1. The second-order valence-corrected chi connectivity index (χ2v) is 13.2. The molecular formula is C25H41BN4O5S. The first-order valence-corrected chi connectivity index (χ1v) is 13.6. The van der Waals surface area contributed by atoms with Gasteiger partial charge in [0.25, 0.3) is 0 Å². The maximum atomic E-state index is 13.3. The molecule has 2 saturated heterocycles. The van der Waals surface area contributed by atoms with Crippen molar-refractivity contribution in [2.75, 3.05) is 13.1 Å². The van der Waals surface area contributed by atoms with Crippen LogP contribution in [0.1, 0.15) is 75.2 Å². The molecule has 1 aromatic rings. The third-order valence-corrected chi connectivity index (χ3v) is 7.88. The molecule has 2 atom stereocenters. The minimum atomic E-state index is -0.640. The van der Waals surface area contributed by atoms with Gasteiger partial charge in [-0.25, -0.2) is 14.8 Å². The van der Waals surface area contributed by atoms with E-state index in [0.717, 1.165) is 18.3 Å². The predicted octanol–water partition coefficient (Wildman–Crippen LogP) is 3.41. The summed E-state index contributed by atoms with van der Waals surface area (Å²) in [6.07, 6.45) is 4.77. The van der Waals surface area contributed by atoms with E-state index in [1.165, 1.54) is 0 Å². The number of rotatable bonds is 6. The molecule has 0 unspecified atom stereocenters. The normalized spacial score (nSPS) is 22.4. The first kappa shape index (κ1) is 28.7. The number of hydrogen-bond donors (Lipinski definition) is 1. The lowest BCUT2D eigenvalue weighted by atomic mass is 9.81. The van der Waals surface area contributed by atoms with Crippen LogP contribution in [0.2, 0.25) is 0 Å². The van der Waals surface area contributed by atoms with E-state index in [2.05, 4.69) is 15.3 Å². The minimum Gasteiger partial charge on any atom is -0.444 e. The molecule has 11 heteroatoms. The van der Waals surface area contributed by atoms with E-state index < -0.39 is 36.1 Å². The quantitative estimate of drug-likeness (QED) is 0.450. The zero-order chi connectivity index (χ0) is 26.9. The molecule has 1 N–H and O–H groups in total. The summed E-state index contributed by atoms with van der Waals surface area (Å²) in [5.41, 5.74) is -0.684. The number of nitrogens with zero attached hydrogens (tertiary/aromatic N) is 3. The van der Waals surface area contributed by atoms with Gasteiger partial charge in [0.05, 0.1) is 11.2 Å².